The van der Waals surface area contributed by atoms with Gasteiger partial charge in [0.05, 0.1) is 6.61 Å². The number of thiophene rings is 1. The molecule has 1 aromatic carbocycles. The molecule has 0 saturated heterocycles. The molecule has 0 radical (unpaired) electrons. The Morgan fingerprint density at radius 2 is 2.16 bits per heavy atom. The Balaban J connectivity index is 2.25. The second kappa shape index (κ2) is 5.96. The summed E-state index contributed by atoms with van der Waals surface area (Å²) < 4.78 is 27.0. The fourth-order valence-corrected chi connectivity index (χ4v) is 4.18. The van der Waals surface area contributed by atoms with Gasteiger partial charge in [0.25, 0.3) is 10.0 Å². The van der Waals surface area contributed by atoms with Crippen molar-refractivity contribution in [1.29, 1.82) is 0 Å². The number of benzene rings is 1. The number of thioether (sulfide) groups is 1. The highest BCUT2D eigenvalue weighted by atomic mass is 32.2. The zero-order chi connectivity index (χ0) is 13.9. The summed E-state index contributed by atoms with van der Waals surface area (Å²) in [4.78, 5) is 0.988. The predicted octanol–water partition coefficient (Wildman–Crippen LogP) is 2.76. The van der Waals surface area contributed by atoms with Crippen LogP contribution in [0.4, 0.5) is 5.69 Å². The molecule has 7 heteroatoms. The Kier molecular flexibility index (Phi) is 4.51. The number of rotatable bonds is 5. The van der Waals surface area contributed by atoms with Crippen LogP contribution in [0.2, 0.25) is 0 Å². The molecule has 1 aromatic heterocycles. The van der Waals surface area contributed by atoms with E-state index in [4.69, 9.17) is 5.11 Å². The summed E-state index contributed by atoms with van der Waals surface area (Å²) in [5.74, 6) is 0. The zero-order valence-corrected chi connectivity index (χ0v) is 12.6. The van der Waals surface area contributed by atoms with Crippen molar-refractivity contribution in [3.05, 3.63) is 41.3 Å². The zero-order valence-electron chi connectivity index (χ0n) is 10.2. The van der Waals surface area contributed by atoms with Crippen LogP contribution in [0.15, 0.2) is 44.8 Å². The molecule has 2 N–H and O–H groups in total. The van der Waals surface area contributed by atoms with E-state index in [2.05, 4.69) is 4.72 Å². The molecular weight excluding hydrogens is 302 g/mol. The van der Waals surface area contributed by atoms with Crippen LogP contribution >= 0.6 is 23.1 Å². The molecule has 0 spiro atoms. The highest BCUT2D eigenvalue weighted by Gasteiger charge is 2.16. The molecule has 0 amide bonds. The minimum Gasteiger partial charge on any atom is -0.392 e. The third-order valence-corrected chi connectivity index (χ3v) is 5.99. The van der Waals surface area contributed by atoms with Crippen LogP contribution in [-0.4, -0.2) is 19.8 Å². The van der Waals surface area contributed by atoms with E-state index in [-0.39, 0.29) is 10.8 Å². The summed E-state index contributed by atoms with van der Waals surface area (Å²) in [7, 11) is -3.58. The van der Waals surface area contributed by atoms with Gasteiger partial charge in [-0.15, -0.1) is 23.1 Å². The number of aliphatic hydroxyl groups excluding tert-OH is 1. The van der Waals surface area contributed by atoms with E-state index >= 15 is 0 Å². The van der Waals surface area contributed by atoms with Gasteiger partial charge in [-0.05, 0) is 41.5 Å². The molecule has 0 fully saturated rings. The van der Waals surface area contributed by atoms with Crippen molar-refractivity contribution in [2.75, 3.05) is 11.0 Å². The van der Waals surface area contributed by atoms with Gasteiger partial charge in [-0.2, -0.15) is 0 Å². The molecule has 1 heterocycles. The standard InChI is InChI=1S/C12H13NO3S3/c1-17-11-4-2-3-10(6-11)13-19(15,16)12-5-9(7-14)8-18-12/h2-6,8,13-14H,7H2,1H3. The van der Waals surface area contributed by atoms with Gasteiger partial charge < -0.3 is 5.11 Å². The molecule has 0 bridgehead atoms. The second-order valence-corrected chi connectivity index (χ2v) is 7.47. The van der Waals surface area contributed by atoms with Crippen LogP contribution in [0.25, 0.3) is 0 Å². The maximum Gasteiger partial charge on any atom is 0.271 e. The molecule has 0 aliphatic carbocycles. The average molecular weight is 315 g/mol. The quantitative estimate of drug-likeness (QED) is 0.833. The van der Waals surface area contributed by atoms with Crippen molar-refractivity contribution in [2.45, 2.75) is 15.7 Å². The highest BCUT2D eigenvalue weighted by molar-refractivity contribution is 7.98. The summed E-state index contributed by atoms with van der Waals surface area (Å²) in [6.07, 6.45) is 1.93. The van der Waals surface area contributed by atoms with Crippen molar-refractivity contribution in [3.8, 4) is 0 Å². The molecule has 2 aromatic rings. The maximum atomic E-state index is 12.1. The molecule has 4 nitrogen and oxygen atoms in total. The minimum atomic E-state index is -3.58. The molecular formula is C12H13NO3S3. The lowest BCUT2D eigenvalue weighted by molar-refractivity contribution is 0.282. The molecule has 0 atom stereocenters. The molecule has 0 unspecified atom stereocenters. The topological polar surface area (TPSA) is 66.4 Å². The third-order valence-electron chi connectivity index (χ3n) is 2.40. The first-order valence-corrected chi connectivity index (χ1v) is 8.99. The summed E-state index contributed by atoms with van der Waals surface area (Å²) in [5, 5.41) is 10.6. The maximum absolute atomic E-state index is 12.1. The van der Waals surface area contributed by atoms with Gasteiger partial charge in [-0.1, -0.05) is 6.07 Å². The number of sulfonamides is 1. The van der Waals surface area contributed by atoms with Crippen LogP contribution in [-0.2, 0) is 16.6 Å². The van der Waals surface area contributed by atoms with Crippen LogP contribution < -0.4 is 4.72 Å². The van der Waals surface area contributed by atoms with Gasteiger partial charge in [0, 0.05) is 10.6 Å². The monoisotopic (exact) mass is 315 g/mol. The number of hydrogen-bond donors (Lipinski definition) is 2. The Hall–Kier alpha value is -1.02. The Bertz CT molecular complexity index is 664. The Morgan fingerprint density at radius 1 is 1.37 bits per heavy atom. The van der Waals surface area contributed by atoms with Gasteiger partial charge in [0.15, 0.2) is 0 Å². The molecule has 0 saturated carbocycles. The van der Waals surface area contributed by atoms with Crippen LogP contribution in [0, 0.1) is 0 Å². The highest BCUT2D eigenvalue weighted by Crippen LogP contribution is 2.25. The first kappa shape index (κ1) is 14.4. The van der Waals surface area contributed by atoms with Gasteiger partial charge in [0.2, 0.25) is 0 Å². The Labute approximate surface area is 120 Å². The number of aliphatic hydroxyl groups is 1. The van der Waals surface area contributed by atoms with E-state index in [0.29, 0.717) is 11.3 Å². The normalized spacial score (nSPS) is 11.5. The number of nitrogens with one attached hydrogen (secondary N) is 1. The Morgan fingerprint density at radius 3 is 2.79 bits per heavy atom. The van der Waals surface area contributed by atoms with Crippen LogP contribution in [0.1, 0.15) is 5.56 Å². The summed E-state index contributed by atoms with van der Waals surface area (Å²) in [5.41, 5.74) is 1.13. The lowest BCUT2D eigenvalue weighted by atomic mass is 10.3. The molecule has 0 aliphatic heterocycles. The van der Waals surface area contributed by atoms with E-state index in [9.17, 15) is 8.42 Å². The first-order chi connectivity index (χ1) is 9.05. The van der Waals surface area contributed by atoms with Crippen molar-refractivity contribution < 1.29 is 13.5 Å². The van der Waals surface area contributed by atoms with Crippen molar-refractivity contribution >= 4 is 38.8 Å². The predicted molar refractivity (Wildman–Crippen MR) is 79.3 cm³/mol. The molecule has 19 heavy (non-hydrogen) atoms. The van der Waals surface area contributed by atoms with Crippen molar-refractivity contribution in [2.24, 2.45) is 0 Å². The van der Waals surface area contributed by atoms with E-state index < -0.39 is 10.0 Å². The smallest absolute Gasteiger partial charge is 0.271 e. The largest absolute Gasteiger partial charge is 0.392 e. The first-order valence-electron chi connectivity index (χ1n) is 5.40. The summed E-state index contributed by atoms with van der Waals surface area (Å²) in [6, 6.07) is 8.68. The van der Waals surface area contributed by atoms with Gasteiger partial charge in [0.1, 0.15) is 4.21 Å². The lowest BCUT2D eigenvalue weighted by Gasteiger charge is -2.07. The van der Waals surface area contributed by atoms with Crippen molar-refractivity contribution in [1.82, 2.24) is 0 Å². The van der Waals surface area contributed by atoms with Gasteiger partial charge >= 0.3 is 0 Å². The number of anilines is 1. The minimum absolute atomic E-state index is 0.159. The SMILES string of the molecule is CSc1cccc(NS(=O)(=O)c2cc(CO)cs2)c1. The second-order valence-electron chi connectivity index (χ2n) is 3.77. The summed E-state index contributed by atoms with van der Waals surface area (Å²) >= 11 is 2.64. The van der Waals surface area contributed by atoms with E-state index in [0.717, 1.165) is 16.2 Å². The van der Waals surface area contributed by atoms with E-state index in [1.165, 1.54) is 6.07 Å². The van der Waals surface area contributed by atoms with Gasteiger partial charge in [-0.25, -0.2) is 8.42 Å². The number of hydrogen-bond acceptors (Lipinski definition) is 5. The lowest BCUT2D eigenvalue weighted by Crippen LogP contribution is -2.11. The summed E-state index contributed by atoms with van der Waals surface area (Å²) in [6.45, 7) is -0.159. The van der Waals surface area contributed by atoms with Crippen LogP contribution in [0.3, 0.4) is 0 Å². The van der Waals surface area contributed by atoms with Crippen molar-refractivity contribution in [3.63, 3.8) is 0 Å². The average Bonchev–Trinajstić information content (AvgIpc) is 2.88. The van der Waals surface area contributed by atoms with E-state index in [1.54, 1.807) is 35.3 Å². The molecule has 102 valence electrons. The fraction of sp³-hybridized carbons (Fsp3) is 0.167. The third kappa shape index (κ3) is 3.50. The molecule has 0 aliphatic rings. The fourth-order valence-electron chi connectivity index (χ4n) is 1.47. The van der Waals surface area contributed by atoms with E-state index in [1.807, 2.05) is 12.3 Å². The molecule has 2 rings (SSSR count). The van der Waals surface area contributed by atoms with Crippen LogP contribution in [0.5, 0.6) is 0 Å². The van der Waals surface area contributed by atoms with Gasteiger partial charge in [-0.3, -0.25) is 4.72 Å².